The molecular formula is C11H21N3OS. The van der Waals surface area contributed by atoms with Gasteiger partial charge < -0.3 is 0 Å². The lowest BCUT2D eigenvalue weighted by molar-refractivity contribution is 0.364. The first-order chi connectivity index (χ1) is 7.40. The number of unbranched alkanes of at least 4 members (excludes halogenated alkanes) is 1. The highest BCUT2D eigenvalue weighted by Crippen LogP contribution is 2.21. The van der Waals surface area contributed by atoms with Gasteiger partial charge in [0.25, 0.3) is 0 Å². The Kier molecular flexibility index (Phi) is 4.65. The fraction of sp³-hybridized carbons (Fsp3) is 0.818. The maximum absolute atomic E-state index is 11.8. The average molecular weight is 243 g/mol. The van der Waals surface area contributed by atoms with Crippen LogP contribution in [-0.2, 0) is 17.8 Å². The number of aromatic nitrogens is 3. The minimum Gasteiger partial charge on any atom is -0.251 e. The molecule has 92 valence electrons. The molecule has 0 spiro atoms. The van der Waals surface area contributed by atoms with Gasteiger partial charge in [0, 0.05) is 12.8 Å². The fourth-order valence-corrected chi connectivity index (χ4v) is 2.63. The summed E-state index contributed by atoms with van der Waals surface area (Å²) in [7, 11) is 0.770. The monoisotopic (exact) mass is 243 g/mol. The molecule has 16 heavy (non-hydrogen) atoms. The predicted molar refractivity (Wildman–Crippen MR) is 65.6 cm³/mol. The summed E-state index contributed by atoms with van der Waals surface area (Å²) in [6.07, 6.45) is 4.72. The van der Waals surface area contributed by atoms with E-state index >= 15 is 0 Å². The molecule has 4 nitrogen and oxygen atoms in total. The minimum atomic E-state index is -1.00. The molecule has 0 aliphatic heterocycles. The summed E-state index contributed by atoms with van der Waals surface area (Å²) < 4.78 is 13.4. The van der Waals surface area contributed by atoms with Crippen LogP contribution in [0.1, 0.15) is 40.0 Å². The van der Waals surface area contributed by atoms with Gasteiger partial charge in [0.15, 0.2) is 0 Å². The molecule has 1 rings (SSSR count). The van der Waals surface area contributed by atoms with Crippen molar-refractivity contribution >= 4 is 10.8 Å². The lowest BCUT2D eigenvalue weighted by Gasteiger charge is -2.17. The third-order valence-corrected chi connectivity index (χ3v) is 3.82. The van der Waals surface area contributed by atoms with Gasteiger partial charge in [-0.3, -0.25) is 4.21 Å². The van der Waals surface area contributed by atoms with Crippen molar-refractivity contribution in [3.8, 4) is 0 Å². The van der Waals surface area contributed by atoms with Gasteiger partial charge in [-0.05, 0) is 18.3 Å². The van der Waals surface area contributed by atoms with E-state index in [1.54, 1.807) is 11.7 Å². The van der Waals surface area contributed by atoms with Gasteiger partial charge in [0.2, 0.25) is 5.16 Å². The lowest BCUT2D eigenvalue weighted by Crippen LogP contribution is -2.08. The summed E-state index contributed by atoms with van der Waals surface area (Å²) in [5.41, 5.74) is 0.367. The first kappa shape index (κ1) is 13.4. The van der Waals surface area contributed by atoms with Gasteiger partial charge in [-0.15, -0.1) is 0 Å². The van der Waals surface area contributed by atoms with Gasteiger partial charge in [0.1, 0.15) is 6.33 Å². The molecule has 1 aromatic heterocycles. The van der Waals surface area contributed by atoms with Crippen LogP contribution in [0.2, 0.25) is 0 Å². The highest BCUT2D eigenvalue weighted by molar-refractivity contribution is 7.84. The zero-order valence-corrected chi connectivity index (χ0v) is 11.4. The van der Waals surface area contributed by atoms with E-state index in [9.17, 15) is 4.21 Å². The van der Waals surface area contributed by atoms with Crippen molar-refractivity contribution in [2.75, 3.05) is 5.75 Å². The average Bonchev–Trinajstić information content (AvgIpc) is 2.57. The van der Waals surface area contributed by atoms with E-state index in [0.29, 0.717) is 16.3 Å². The Morgan fingerprint density at radius 1 is 1.38 bits per heavy atom. The fourth-order valence-electron chi connectivity index (χ4n) is 1.47. The molecule has 0 bridgehead atoms. The maximum Gasteiger partial charge on any atom is 0.216 e. The Morgan fingerprint density at radius 2 is 2.06 bits per heavy atom. The SMILES string of the molecule is Cn1ncnc1S(=O)CCCCC(C)(C)C. The second-order valence-electron chi connectivity index (χ2n) is 5.23. The molecule has 0 saturated carbocycles. The summed E-state index contributed by atoms with van der Waals surface area (Å²) >= 11 is 0. The molecule has 0 fully saturated rings. The van der Waals surface area contributed by atoms with Crippen LogP contribution in [0.25, 0.3) is 0 Å². The van der Waals surface area contributed by atoms with Crippen molar-refractivity contribution in [1.82, 2.24) is 14.8 Å². The topological polar surface area (TPSA) is 47.8 Å². The summed E-state index contributed by atoms with van der Waals surface area (Å²) in [6.45, 7) is 6.69. The zero-order chi connectivity index (χ0) is 12.2. The maximum atomic E-state index is 11.8. The Morgan fingerprint density at radius 3 is 2.56 bits per heavy atom. The van der Waals surface area contributed by atoms with E-state index in [2.05, 4.69) is 30.9 Å². The molecule has 1 unspecified atom stereocenters. The van der Waals surface area contributed by atoms with E-state index in [1.165, 1.54) is 12.7 Å². The van der Waals surface area contributed by atoms with Crippen LogP contribution in [-0.4, -0.2) is 24.7 Å². The summed E-state index contributed by atoms with van der Waals surface area (Å²) in [5, 5.41) is 4.50. The van der Waals surface area contributed by atoms with E-state index in [-0.39, 0.29) is 0 Å². The van der Waals surface area contributed by atoms with Crippen molar-refractivity contribution < 1.29 is 4.21 Å². The number of hydrogen-bond acceptors (Lipinski definition) is 3. The van der Waals surface area contributed by atoms with Crippen molar-refractivity contribution in [3.05, 3.63) is 6.33 Å². The van der Waals surface area contributed by atoms with E-state index in [0.717, 1.165) is 12.8 Å². The van der Waals surface area contributed by atoms with Gasteiger partial charge in [-0.2, -0.15) is 5.10 Å². The van der Waals surface area contributed by atoms with Crippen LogP contribution in [0, 0.1) is 5.41 Å². The number of hydrogen-bond donors (Lipinski definition) is 0. The molecule has 1 atom stereocenters. The van der Waals surface area contributed by atoms with Crippen LogP contribution in [0.15, 0.2) is 11.5 Å². The standard InChI is InChI=1S/C11H21N3OS/c1-11(2,3)7-5-6-8-16(15)10-12-9-13-14(10)4/h9H,5-8H2,1-4H3. The van der Waals surface area contributed by atoms with Crippen molar-refractivity contribution in [2.45, 2.75) is 45.2 Å². The van der Waals surface area contributed by atoms with Gasteiger partial charge in [-0.25, -0.2) is 9.67 Å². The molecule has 0 radical (unpaired) electrons. The molecule has 0 amide bonds. The highest BCUT2D eigenvalue weighted by Gasteiger charge is 2.12. The van der Waals surface area contributed by atoms with Crippen LogP contribution in [0.4, 0.5) is 0 Å². The molecule has 0 saturated heterocycles. The van der Waals surface area contributed by atoms with Crippen LogP contribution < -0.4 is 0 Å². The highest BCUT2D eigenvalue weighted by atomic mass is 32.2. The van der Waals surface area contributed by atoms with Crippen molar-refractivity contribution in [1.29, 1.82) is 0 Å². The predicted octanol–water partition coefficient (Wildman–Crippen LogP) is 2.14. The van der Waals surface area contributed by atoms with Gasteiger partial charge in [-0.1, -0.05) is 27.2 Å². The lowest BCUT2D eigenvalue weighted by atomic mass is 9.90. The molecule has 0 aromatic carbocycles. The van der Waals surface area contributed by atoms with E-state index < -0.39 is 10.8 Å². The van der Waals surface area contributed by atoms with Crippen LogP contribution in [0.5, 0.6) is 0 Å². The van der Waals surface area contributed by atoms with Crippen LogP contribution >= 0.6 is 0 Å². The molecule has 0 aliphatic carbocycles. The summed E-state index contributed by atoms with van der Waals surface area (Å²) in [5.74, 6) is 0.683. The Bertz CT molecular complexity index is 354. The number of rotatable bonds is 5. The Hall–Kier alpha value is -0.710. The third-order valence-electron chi connectivity index (χ3n) is 2.38. The summed E-state index contributed by atoms with van der Waals surface area (Å²) in [6, 6.07) is 0. The van der Waals surface area contributed by atoms with E-state index in [4.69, 9.17) is 0 Å². The van der Waals surface area contributed by atoms with Crippen molar-refractivity contribution in [2.24, 2.45) is 12.5 Å². The number of nitrogens with zero attached hydrogens (tertiary/aromatic N) is 3. The Balaban J connectivity index is 2.29. The second-order valence-corrected chi connectivity index (χ2v) is 6.70. The number of aryl methyl sites for hydroxylation is 1. The van der Waals surface area contributed by atoms with Crippen LogP contribution in [0.3, 0.4) is 0 Å². The third kappa shape index (κ3) is 4.43. The van der Waals surface area contributed by atoms with Gasteiger partial charge >= 0.3 is 0 Å². The first-order valence-electron chi connectivity index (χ1n) is 5.62. The first-order valence-corrected chi connectivity index (χ1v) is 6.94. The molecule has 0 N–H and O–H groups in total. The zero-order valence-electron chi connectivity index (χ0n) is 10.6. The second kappa shape index (κ2) is 5.57. The Labute approximate surface area is 99.9 Å². The molecule has 5 heteroatoms. The molecule has 0 aliphatic rings. The van der Waals surface area contributed by atoms with E-state index in [1.807, 2.05) is 0 Å². The molecule has 1 aromatic rings. The molecular weight excluding hydrogens is 222 g/mol. The summed E-state index contributed by atoms with van der Waals surface area (Å²) in [4.78, 5) is 3.99. The van der Waals surface area contributed by atoms with Crippen molar-refractivity contribution in [3.63, 3.8) is 0 Å². The largest absolute Gasteiger partial charge is 0.251 e. The normalized spacial score (nSPS) is 14.0. The minimum absolute atomic E-state index is 0.367. The quantitative estimate of drug-likeness (QED) is 0.744. The van der Waals surface area contributed by atoms with Gasteiger partial charge in [0.05, 0.1) is 10.8 Å². The smallest absolute Gasteiger partial charge is 0.216 e. The molecule has 1 heterocycles.